The predicted octanol–water partition coefficient (Wildman–Crippen LogP) is 2.11. The summed E-state index contributed by atoms with van der Waals surface area (Å²) in [5.74, 6) is 0.783. The Labute approximate surface area is 171 Å². The lowest BCUT2D eigenvalue weighted by Gasteiger charge is -2.02. The number of rotatable bonds is 9. The number of aromatic nitrogens is 5. The van der Waals surface area contributed by atoms with E-state index >= 15 is 0 Å². The minimum absolute atomic E-state index is 0.198. The number of amides is 1. The minimum Gasteiger partial charge on any atom is -0.345 e. The Morgan fingerprint density at radius 3 is 2.83 bits per heavy atom. The molecule has 0 spiro atoms. The standard InChI is InChI=1S/C20H21N7OS/c28-20(22-12-14-4-3-9-23-27-14)17-13-29-19(26-17)8-11-21-10-7-18-24-15-5-1-2-6-16(15)25-18/h1-6,9,13,21H,7-8,10-12H2,(H,22,28)(H,24,25). The van der Waals surface area contributed by atoms with Crippen LogP contribution in [-0.2, 0) is 19.4 Å². The highest BCUT2D eigenvalue weighted by Crippen LogP contribution is 2.11. The van der Waals surface area contributed by atoms with Crippen molar-refractivity contribution in [3.05, 3.63) is 70.2 Å². The third-order valence-electron chi connectivity index (χ3n) is 4.33. The molecule has 1 amide bonds. The number of imidazole rings is 1. The number of thiazole rings is 1. The van der Waals surface area contributed by atoms with Crippen molar-refractivity contribution in [3.63, 3.8) is 0 Å². The molecule has 0 saturated heterocycles. The molecule has 4 aromatic rings. The summed E-state index contributed by atoms with van der Waals surface area (Å²) in [7, 11) is 0. The molecular weight excluding hydrogens is 386 g/mol. The van der Waals surface area contributed by atoms with Gasteiger partial charge in [-0.3, -0.25) is 4.79 Å². The number of fused-ring (bicyclic) bond motifs is 1. The van der Waals surface area contributed by atoms with Gasteiger partial charge in [0.15, 0.2) is 0 Å². The van der Waals surface area contributed by atoms with E-state index < -0.39 is 0 Å². The molecule has 0 aliphatic rings. The van der Waals surface area contributed by atoms with Crippen molar-refractivity contribution in [1.29, 1.82) is 0 Å². The normalized spacial score (nSPS) is 11.0. The second kappa shape index (κ2) is 9.35. The van der Waals surface area contributed by atoms with Crippen LogP contribution in [0.2, 0.25) is 0 Å². The number of carbonyl (C=O) groups is 1. The first-order chi connectivity index (χ1) is 14.3. The van der Waals surface area contributed by atoms with Gasteiger partial charge in [-0.25, -0.2) is 9.97 Å². The summed E-state index contributed by atoms with van der Waals surface area (Å²) in [6.07, 6.45) is 3.22. The van der Waals surface area contributed by atoms with E-state index in [9.17, 15) is 4.79 Å². The van der Waals surface area contributed by atoms with Crippen LogP contribution in [0.15, 0.2) is 48.0 Å². The van der Waals surface area contributed by atoms with E-state index in [0.717, 1.165) is 47.8 Å². The van der Waals surface area contributed by atoms with Gasteiger partial charge in [-0.2, -0.15) is 10.2 Å². The topological polar surface area (TPSA) is 108 Å². The molecule has 3 heterocycles. The molecule has 8 nitrogen and oxygen atoms in total. The average Bonchev–Trinajstić information content (AvgIpc) is 3.39. The van der Waals surface area contributed by atoms with Crippen molar-refractivity contribution in [2.75, 3.05) is 13.1 Å². The van der Waals surface area contributed by atoms with E-state index in [1.807, 2.05) is 30.3 Å². The summed E-state index contributed by atoms with van der Waals surface area (Å²) in [5, 5.41) is 16.7. The van der Waals surface area contributed by atoms with E-state index in [1.54, 1.807) is 17.6 Å². The van der Waals surface area contributed by atoms with E-state index in [0.29, 0.717) is 17.9 Å². The molecule has 0 saturated carbocycles. The predicted molar refractivity (Wildman–Crippen MR) is 112 cm³/mol. The third-order valence-corrected chi connectivity index (χ3v) is 5.24. The van der Waals surface area contributed by atoms with Crippen LogP contribution in [0.1, 0.15) is 27.0 Å². The molecule has 4 rings (SSSR count). The summed E-state index contributed by atoms with van der Waals surface area (Å²) in [4.78, 5) is 24.5. The fraction of sp³-hybridized carbons (Fsp3) is 0.250. The van der Waals surface area contributed by atoms with Crippen LogP contribution < -0.4 is 10.6 Å². The number of hydrogen-bond donors (Lipinski definition) is 3. The number of nitrogens with zero attached hydrogens (tertiary/aromatic N) is 4. The van der Waals surface area contributed by atoms with Crippen LogP contribution in [0.3, 0.4) is 0 Å². The Morgan fingerprint density at radius 1 is 1.07 bits per heavy atom. The molecule has 0 aliphatic heterocycles. The molecule has 0 atom stereocenters. The quantitative estimate of drug-likeness (QED) is 0.367. The summed E-state index contributed by atoms with van der Waals surface area (Å²) in [5.41, 5.74) is 3.21. The molecule has 3 N–H and O–H groups in total. The lowest BCUT2D eigenvalue weighted by atomic mass is 10.3. The molecule has 0 aliphatic carbocycles. The van der Waals surface area contributed by atoms with Crippen molar-refractivity contribution in [2.24, 2.45) is 0 Å². The number of aromatic amines is 1. The maximum atomic E-state index is 12.2. The smallest absolute Gasteiger partial charge is 0.271 e. The highest BCUT2D eigenvalue weighted by molar-refractivity contribution is 7.09. The van der Waals surface area contributed by atoms with E-state index in [-0.39, 0.29) is 5.91 Å². The van der Waals surface area contributed by atoms with Crippen LogP contribution in [0, 0.1) is 0 Å². The Morgan fingerprint density at radius 2 is 1.97 bits per heavy atom. The monoisotopic (exact) mass is 407 g/mol. The minimum atomic E-state index is -0.198. The number of nitrogens with one attached hydrogen (secondary N) is 3. The third kappa shape index (κ3) is 5.21. The first-order valence-electron chi connectivity index (χ1n) is 9.41. The summed E-state index contributed by atoms with van der Waals surface area (Å²) in [6.45, 7) is 1.97. The molecule has 9 heteroatoms. The molecular formula is C20H21N7OS. The van der Waals surface area contributed by atoms with E-state index in [4.69, 9.17) is 0 Å². The van der Waals surface area contributed by atoms with Crippen molar-refractivity contribution in [2.45, 2.75) is 19.4 Å². The SMILES string of the molecule is O=C(NCc1cccnn1)c1csc(CCNCCc2nc3ccccc3[nH]2)n1. The van der Waals surface area contributed by atoms with Gasteiger partial charge in [-0.1, -0.05) is 12.1 Å². The second-order valence-corrected chi connectivity index (χ2v) is 7.42. The molecule has 148 valence electrons. The van der Waals surface area contributed by atoms with Gasteiger partial charge in [0, 0.05) is 37.5 Å². The maximum Gasteiger partial charge on any atom is 0.271 e. The van der Waals surface area contributed by atoms with E-state index in [1.165, 1.54) is 11.3 Å². The van der Waals surface area contributed by atoms with Gasteiger partial charge < -0.3 is 15.6 Å². The summed E-state index contributed by atoms with van der Waals surface area (Å²) in [6, 6.07) is 11.6. The van der Waals surface area contributed by atoms with Crippen molar-refractivity contribution in [3.8, 4) is 0 Å². The Bertz CT molecular complexity index is 1040. The molecule has 29 heavy (non-hydrogen) atoms. The van der Waals surface area contributed by atoms with Crippen LogP contribution in [0.4, 0.5) is 0 Å². The number of carbonyl (C=O) groups excluding carboxylic acids is 1. The van der Waals surface area contributed by atoms with Crippen molar-refractivity contribution < 1.29 is 4.79 Å². The zero-order chi connectivity index (χ0) is 19.9. The van der Waals surface area contributed by atoms with Gasteiger partial charge >= 0.3 is 0 Å². The number of H-pyrrole nitrogens is 1. The lowest BCUT2D eigenvalue weighted by Crippen LogP contribution is -2.24. The lowest BCUT2D eigenvalue weighted by molar-refractivity contribution is 0.0946. The Balaban J connectivity index is 1.17. The number of para-hydroxylation sites is 2. The molecule has 3 aromatic heterocycles. The van der Waals surface area contributed by atoms with Gasteiger partial charge in [0.25, 0.3) is 5.91 Å². The van der Waals surface area contributed by atoms with Gasteiger partial charge in [0.2, 0.25) is 0 Å². The van der Waals surface area contributed by atoms with Crippen LogP contribution in [-0.4, -0.2) is 44.1 Å². The first-order valence-corrected chi connectivity index (χ1v) is 10.3. The number of benzene rings is 1. The fourth-order valence-electron chi connectivity index (χ4n) is 2.87. The van der Waals surface area contributed by atoms with Gasteiger partial charge in [0.05, 0.1) is 28.3 Å². The first kappa shape index (κ1) is 19.2. The van der Waals surface area contributed by atoms with Crippen LogP contribution in [0.25, 0.3) is 11.0 Å². The highest BCUT2D eigenvalue weighted by atomic mass is 32.1. The van der Waals surface area contributed by atoms with Gasteiger partial charge in [-0.05, 0) is 24.3 Å². The molecule has 0 bridgehead atoms. The highest BCUT2D eigenvalue weighted by Gasteiger charge is 2.10. The fourth-order valence-corrected chi connectivity index (χ4v) is 3.65. The molecule has 0 unspecified atom stereocenters. The van der Waals surface area contributed by atoms with E-state index in [2.05, 4.69) is 35.8 Å². The molecule has 0 radical (unpaired) electrons. The molecule has 1 aromatic carbocycles. The van der Waals surface area contributed by atoms with Gasteiger partial charge in [-0.15, -0.1) is 11.3 Å². The Hall–Kier alpha value is -3.17. The summed E-state index contributed by atoms with van der Waals surface area (Å²) < 4.78 is 0. The maximum absolute atomic E-state index is 12.2. The zero-order valence-corrected chi connectivity index (χ0v) is 16.6. The second-order valence-electron chi connectivity index (χ2n) is 6.47. The van der Waals surface area contributed by atoms with Gasteiger partial charge in [0.1, 0.15) is 11.5 Å². The largest absolute Gasteiger partial charge is 0.345 e. The van der Waals surface area contributed by atoms with Crippen LogP contribution >= 0.6 is 11.3 Å². The Kier molecular flexibility index (Phi) is 6.18. The summed E-state index contributed by atoms with van der Waals surface area (Å²) >= 11 is 1.50. The average molecular weight is 408 g/mol. The number of hydrogen-bond acceptors (Lipinski definition) is 7. The molecule has 0 fully saturated rings. The zero-order valence-electron chi connectivity index (χ0n) is 15.8. The van der Waals surface area contributed by atoms with Crippen molar-refractivity contribution >= 4 is 28.3 Å². The van der Waals surface area contributed by atoms with Crippen LogP contribution in [0.5, 0.6) is 0 Å². The van der Waals surface area contributed by atoms with Crippen molar-refractivity contribution in [1.82, 2.24) is 35.8 Å².